The summed E-state index contributed by atoms with van der Waals surface area (Å²) in [5.41, 5.74) is 0.692. The van der Waals surface area contributed by atoms with Gasteiger partial charge < -0.3 is 4.90 Å². The summed E-state index contributed by atoms with van der Waals surface area (Å²) in [7, 11) is 2.03. The summed E-state index contributed by atoms with van der Waals surface area (Å²) in [6, 6.07) is 0.592. The number of aromatic amines is 1. The molecule has 1 fully saturated rings. The zero-order chi connectivity index (χ0) is 10.4. The van der Waals surface area contributed by atoms with Crippen molar-refractivity contribution in [3.05, 3.63) is 11.5 Å². The van der Waals surface area contributed by atoms with Gasteiger partial charge in [0.05, 0.1) is 11.6 Å². The van der Waals surface area contributed by atoms with E-state index in [1.54, 1.807) is 6.20 Å². The van der Waals surface area contributed by atoms with Gasteiger partial charge in [0.1, 0.15) is 5.82 Å². The molecule has 78 valence electrons. The molecule has 15 heavy (non-hydrogen) atoms. The van der Waals surface area contributed by atoms with Crippen LogP contribution in [0.5, 0.6) is 0 Å². The van der Waals surface area contributed by atoms with E-state index in [0.717, 1.165) is 11.2 Å². The number of anilines is 1. The van der Waals surface area contributed by atoms with Gasteiger partial charge in [-0.25, -0.2) is 0 Å². The summed E-state index contributed by atoms with van der Waals surface area (Å²) in [6.07, 6.45) is 4.18. The Bertz CT molecular complexity index is 504. The van der Waals surface area contributed by atoms with Crippen LogP contribution in [0.1, 0.15) is 12.8 Å². The number of halogens is 1. The summed E-state index contributed by atoms with van der Waals surface area (Å²) in [4.78, 5) is 10.5. The first-order valence-corrected chi connectivity index (χ1v) is 5.23. The molecule has 0 atom stereocenters. The van der Waals surface area contributed by atoms with Gasteiger partial charge in [0.25, 0.3) is 0 Å². The fourth-order valence-electron chi connectivity index (χ4n) is 1.70. The number of hydrogen-bond acceptors (Lipinski definition) is 4. The molecule has 0 spiro atoms. The van der Waals surface area contributed by atoms with Gasteiger partial charge in [-0.3, -0.25) is 5.10 Å². The molecule has 1 saturated carbocycles. The van der Waals surface area contributed by atoms with Crippen molar-refractivity contribution in [2.45, 2.75) is 18.9 Å². The SMILES string of the molecule is CN(c1nc(Cl)nc2[nH]ncc12)C1CC1. The number of fused-ring (bicyclic) bond motifs is 1. The molecule has 2 aromatic heterocycles. The lowest BCUT2D eigenvalue weighted by molar-refractivity contribution is 0.894. The van der Waals surface area contributed by atoms with Crippen LogP contribution in [0.3, 0.4) is 0 Å². The van der Waals surface area contributed by atoms with Crippen LogP contribution in [0, 0.1) is 0 Å². The number of aromatic nitrogens is 4. The lowest BCUT2D eigenvalue weighted by atomic mass is 10.3. The predicted molar refractivity (Wildman–Crippen MR) is 58.1 cm³/mol. The van der Waals surface area contributed by atoms with Crippen LogP contribution in [0.15, 0.2) is 6.20 Å². The summed E-state index contributed by atoms with van der Waals surface area (Å²) in [5, 5.41) is 7.94. The van der Waals surface area contributed by atoms with E-state index in [1.807, 2.05) is 7.05 Å². The number of H-pyrrole nitrogens is 1. The lowest BCUT2D eigenvalue weighted by Gasteiger charge is -2.17. The van der Waals surface area contributed by atoms with Crippen LogP contribution in [0.4, 0.5) is 5.82 Å². The third-order valence-corrected chi connectivity index (χ3v) is 2.86. The minimum absolute atomic E-state index is 0.259. The molecule has 2 heterocycles. The van der Waals surface area contributed by atoms with Crippen molar-refractivity contribution >= 4 is 28.5 Å². The normalized spacial score (nSPS) is 15.9. The molecule has 0 aromatic carbocycles. The highest BCUT2D eigenvalue weighted by atomic mass is 35.5. The molecule has 6 heteroatoms. The second-order valence-electron chi connectivity index (χ2n) is 3.79. The van der Waals surface area contributed by atoms with Crippen LogP contribution >= 0.6 is 11.6 Å². The molecule has 1 aliphatic carbocycles. The molecule has 0 unspecified atom stereocenters. The maximum atomic E-state index is 5.85. The Balaban J connectivity index is 2.18. The maximum absolute atomic E-state index is 5.85. The van der Waals surface area contributed by atoms with E-state index in [1.165, 1.54) is 12.8 Å². The molecular weight excluding hydrogens is 214 g/mol. The monoisotopic (exact) mass is 223 g/mol. The Morgan fingerprint density at radius 2 is 2.27 bits per heavy atom. The van der Waals surface area contributed by atoms with Crippen molar-refractivity contribution in [3.8, 4) is 0 Å². The van der Waals surface area contributed by atoms with Crippen LogP contribution in [-0.4, -0.2) is 33.3 Å². The maximum Gasteiger partial charge on any atom is 0.226 e. The van der Waals surface area contributed by atoms with E-state index in [2.05, 4.69) is 25.1 Å². The quantitative estimate of drug-likeness (QED) is 0.786. The molecule has 0 saturated heterocycles. The first-order chi connectivity index (χ1) is 7.25. The molecule has 1 N–H and O–H groups in total. The van der Waals surface area contributed by atoms with Gasteiger partial charge in [-0.1, -0.05) is 0 Å². The van der Waals surface area contributed by atoms with Crippen LogP contribution in [0.25, 0.3) is 11.0 Å². The number of nitrogens with one attached hydrogen (secondary N) is 1. The highest BCUT2D eigenvalue weighted by Gasteiger charge is 2.28. The van der Waals surface area contributed by atoms with E-state index < -0.39 is 0 Å². The molecule has 0 amide bonds. The van der Waals surface area contributed by atoms with E-state index in [9.17, 15) is 0 Å². The fraction of sp³-hybridized carbons (Fsp3) is 0.444. The fourth-order valence-corrected chi connectivity index (χ4v) is 1.86. The van der Waals surface area contributed by atoms with Crippen molar-refractivity contribution < 1.29 is 0 Å². The van der Waals surface area contributed by atoms with Crippen molar-refractivity contribution in [2.75, 3.05) is 11.9 Å². The Labute approximate surface area is 91.5 Å². The Kier molecular flexibility index (Phi) is 1.82. The lowest BCUT2D eigenvalue weighted by Crippen LogP contribution is -2.21. The molecule has 5 nitrogen and oxygen atoms in total. The number of nitrogens with zero attached hydrogens (tertiary/aromatic N) is 4. The van der Waals surface area contributed by atoms with Crippen LogP contribution in [0.2, 0.25) is 5.28 Å². The Hall–Kier alpha value is -1.36. The molecule has 0 bridgehead atoms. The first-order valence-electron chi connectivity index (χ1n) is 4.85. The van der Waals surface area contributed by atoms with Crippen molar-refractivity contribution in [1.29, 1.82) is 0 Å². The largest absolute Gasteiger partial charge is 0.356 e. The van der Waals surface area contributed by atoms with Crippen LogP contribution < -0.4 is 4.90 Å². The molecule has 2 aromatic rings. The highest BCUT2D eigenvalue weighted by molar-refractivity contribution is 6.28. The van der Waals surface area contributed by atoms with Gasteiger partial charge in [-0.2, -0.15) is 15.1 Å². The minimum atomic E-state index is 0.259. The zero-order valence-electron chi connectivity index (χ0n) is 8.24. The Morgan fingerprint density at radius 3 is 3.00 bits per heavy atom. The first kappa shape index (κ1) is 8.91. The average Bonchev–Trinajstić information content (AvgIpc) is 2.96. The van der Waals surface area contributed by atoms with Crippen molar-refractivity contribution in [3.63, 3.8) is 0 Å². The van der Waals surface area contributed by atoms with E-state index in [4.69, 9.17) is 11.6 Å². The summed E-state index contributed by atoms with van der Waals surface area (Å²) in [5.74, 6) is 0.862. The second kappa shape index (κ2) is 3.06. The van der Waals surface area contributed by atoms with Gasteiger partial charge in [0.2, 0.25) is 5.28 Å². The molecule has 0 radical (unpaired) electrons. The van der Waals surface area contributed by atoms with Gasteiger partial charge in [0.15, 0.2) is 5.65 Å². The van der Waals surface area contributed by atoms with Crippen LogP contribution in [-0.2, 0) is 0 Å². The second-order valence-corrected chi connectivity index (χ2v) is 4.13. The van der Waals surface area contributed by atoms with Gasteiger partial charge in [0, 0.05) is 13.1 Å². The Morgan fingerprint density at radius 1 is 1.47 bits per heavy atom. The summed E-state index contributed by atoms with van der Waals surface area (Å²) < 4.78 is 0. The van der Waals surface area contributed by atoms with E-state index in [-0.39, 0.29) is 5.28 Å². The molecule has 3 rings (SSSR count). The zero-order valence-corrected chi connectivity index (χ0v) is 8.99. The van der Waals surface area contributed by atoms with Crippen molar-refractivity contribution in [2.24, 2.45) is 0 Å². The number of rotatable bonds is 2. The average molecular weight is 224 g/mol. The molecular formula is C9H10ClN5. The summed E-state index contributed by atoms with van der Waals surface area (Å²) >= 11 is 5.85. The topological polar surface area (TPSA) is 57.7 Å². The third-order valence-electron chi connectivity index (χ3n) is 2.69. The van der Waals surface area contributed by atoms with Crippen molar-refractivity contribution in [1.82, 2.24) is 20.2 Å². The van der Waals surface area contributed by atoms with Gasteiger partial charge in [-0.15, -0.1) is 0 Å². The summed E-state index contributed by atoms with van der Waals surface area (Å²) in [6.45, 7) is 0. The van der Waals surface area contributed by atoms with Gasteiger partial charge in [-0.05, 0) is 24.4 Å². The smallest absolute Gasteiger partial charge is 0.226 e. The van der Waals surface area contributed by atoms with Gasteiger partial charge >= 0.3 is 0 Å². The molecule has 0 aliphatic heterocycles. The molecule has 1 aliphatic rings. The minimum Gasteiger partial charge on any atom is -0.356 e. The standard InChI is InChI=1S/C9H10ClN5/c1-15(5-2-3-5)8-6-4-11-14-7(6)12-9(10)13-8/h4-5H,2-3H2,1H3,(H,11,12,13,14). The third kappa shape index (κ3) is 1.43. The predicted octanol–water partition coefficient (Wildman–Crippen LogP) is 1.60. The van der Waals surface area contributed by atoms with E-state index >= 15 is 0 Å². The number of hydrogen-bond donors (Lipinski definition) is 1. The van der Waals surface area contributed by atoms with E-state index in [0.29, 0.717) is 11.7 Å². The highest BCUT2D eigenvalue weighted by Crippen LogP contribution is 2.32.